The Labute approximate surface area is 124 Å². The summed E-state index contributed by atoms with van der Waals surface area (Å²) in [5, 5.41) is 8.08. The van der Waals surface area contributed by atoms with E-state index in [0.717, 1.165) is 12.1 Å². The summed E-state index contributed by atoms with van der Waals surface area (Å²) < 4.78 is 67.4. The maximum Gasteiger partial charge on any atom is 0.418 e. The van der Waals surface area contributed by atoms with Crippen LogP contribution in [0.3, 0.4) is 0 Å². The van der Waals surface area contributed by atoms with Crippen molar-refractivity contribution in [2.24, 2.45) is 0 Å². The van der Waals surface area contributed by atoms with Crippen molar-refractivity contribution >= 4 is 28.5 Å². The van der Waals surface area contributed by atoms with Crippen LogP contribution in [0.5, 0.6) is 5.75 Å². The zero-order valence-corrected chi connectivity index (χ0v) is 11.0. The van der Waals surface area contributed by atoms with Crippen LogP contribution >= 0.6 is 11.6 Å². The fourth-order valence-corrected chi connectivity index (χ4v) is 2.00. The lowest BCUT2D eigenvalue weighted by atomic mass is 10.1. The van der Waals surface area contributed by atoms with E-state index >= 15 is 0 Å². The van der Waals surface area contributed by atoms with Crippen LogP contribution in [0.2, 0.25) is 5.02 Å². The Morgan fingerprint density at radius 3 is 2.41 bits per heavy atom. The molecule has 10 heteroatoms. The van der Waals surface area contributed by atoms with Crippen molar-refractivity contribution in [1.29, 1.82) is 0 Å². The first-order valence-electron chi connectivity index (χ1n) is 5.49. The zero-order chi connectivity index (χ0) is 16.7. The number of carboxylic acid groups (broad SMARTS) is 1. The molecule has 2 rings (SSSR count). The Balaban J connectivity index is 2.82. The van der Waals surface area contributed by atoms with Gasteiger partial charge >= 0.3 is 18.8 Å². The number of ether oxygens (including phenoxy) is 1. The minimum absolute atomic E-state index is 0.309. The highest BCUT2D eigenvalue weighted by atomic mass is 35.5. The van der Waals surface area contributed by atoms with Crippen LogP contribution in [-0.2, 0) is 6.18 Å². The number of aromatic carboxylic acids is 1. The van der Waals surface area contributed by atoms with Crippen LogP contribution in [0.25, 0.3) is 10.9 Å². The Hall–Kier alpha value is -2.16. The highest BCUT2D eigenvalue weighted by Gasteiger charge is 2.35. The van der Waals surface area contributed by atoms with E-state index in [1.54, 1.807) is 0 Å². The molecule has 0 fully saturated rings. The van der Waals surface area contributed by atoms with Gasteiger partial charge in [-0.2, -0.15) is 22.0 Å². The monoisotopic (exact) mass is 341 g/mol. The van der Waals surface area contributed by atoms with E-state index in [9.17, 15) is 26.7 Å². The van der Waals surface area contributed by atoms with Crippen molar-refractivity contribution in [2.45, 2.75) is 12.8 Å². The predicted octanol–water partition coefficient (Wildman–Crippen LogP) is 4.21. The van der Waals surface area contributed by atoms with Gasteiger partial charge in [-0.1, -0.05) is 11.6 Å². The first-order chi connectivity index (χ1) is 10.1. The number of nitrogens with zero attached hydrogens (tertiary/aromatic N) is 1. The largest absolute Gasteiger partial charge is 0.477 e. The molecule has 1 heterocycles. The molecule has 1 aromatic heterocycles. The third-order valence-electron chi connectivity index (χ3n) is 2.59. The molecule has 0 spiro atoms. The fraction of sp³-hybridized carbons (Fsp3) is 0.167. The molecule has 0 aliphatic heterocycles. The molecule has 0 atom stereocenters. The first kappa shape index (κ1) is 16.2. The molecule has 1 N–H and O–H groups in total. The highest BCUT2D eigenvalue weighted by Crippen LogP contribution is 2.39. The number of carbonyl (C=O) groups is 1. The summed E-state index contributed by atoms with van der Waals surface area (Å²) in [6.07, 6.45) is -4.97. The number of aromatic nitrogens is 1. The standard InChI is InChI=1S/C12H5ClF5NO3/c13-7-3-8(10(20)21)19-9-5(7)1-4(22-11(14)15)2-6(9)12(16,17)18/h1-3,11H,(H,20,21). The number of halogens is 6. The summed E-state index contributed by atoms with van der Waals surface area (Å²) in [5.74, 6) is -2.34. The predicted molar refractivity (Wildman–Crippen MR) is 65.3 cm³/mol. The lowest BCUT2D eigenvalue weighted by molar-refractivity contribution is -0.136. The molecule has 1 aromatic carbocycles. The molecule has 0 aliphatic carbocycles. The van der Waals surface area contributed by atoms with Gasteiger partial charge in [-0.15, -0.1) is 0 Å². The number of rotatable bonds is 3. The van der Waals surface area contributed by atoms with Gasteiger partial charge in [-0.05, 0) is 18.2 Å². The molecular weight excluding hydrogens is 337 g/mol. The van der Waals surface area contributed by atoms with Crippen LogP contribution in [-0.4, -0.2) is 22.7 Å². The van der Waals surface area contributed by atoms with Crippen molar-refractivity contribution in [1.82, 2.24) is 4.98 Å². The smallest absolute Gasteiger partial charge is 0.418 e. The maximum absolute atomic E-state index is 13.0. The Kier molecular flexibility index (Phi) is 4.10. The van der Waals surface area contributed by atoms with Crippen molar-refractivity contribution in [2.75, 3.05) is 0 Å². The van der Waals surface area contributed by atoms with Crippen molar-refractivity contribution in [3.05, 3.63) is 34.5 Å². The summed E-state index contributed by atoms with van der Waals surface area (Å²) in [5.41, 5.74) is -2.89. The van der Waals surface area contributed by atoms with E-state index in [-0.39, 0.29) is 10.4 Å². The Morgan fingerprint density at radius 2 is 1.91 bits per heavy atom. The lowest BCUT2D eigenvalue weighted by Crippen LogP contribution is -2.11. The maximum atomic E-state index is 13.0. The molecule has 22 heavy (non-hydrogen) atoms. The van der Waals surface area contributed by atoms with Gasteiger partial charge in [0.1, 0.15) is 11.4 Å². The number of fused-ring (bicyclic) bond motifs is 1. The van der Waals surface area contributed by atoms with Gasteiger partial charge < -0.3 is 9.84 Å². The van der Waals surface area contributed by atoms with E-state index in [1.807, 2.05) is 0 Å². The molecule has 2 aromatic rings. The molecule has 118 valence electrons. The fourth-order valence-electron chi connectivity index (χ4n) is 1.76. The summed E-state index contributed by atoms with van der Waals surface area (Å²) in [6, 6.07) is 1.96. The summed E-state index contributed by atoms with van der Waals surface area (Å²) in [4.78, 5) is 14.2. The van der Waals surface area contributed by atoms with Crippen LogP contribution < -0.4 is 4.74 Å². The van der Waals surface area contributed by atoms with E-state index in [4.69, 9.17) is 16.7 Å². The second kappa shape index (κ2) is 5.56. The summed E-state index contributed by atoms with van der Waals surface area (Å²) in [6.45, 7) is -3.33. The molecule has 0 saturated carbocycles. The summed E-state index contributed by atoms with van der Waals surface area (Å²) in [7, 11) is 0. The summed E-state index contributed by atoms with van der Waals surface area (Å²) >= 11 is 5.72. The number of hydrogen-bond acceptors (Lipinski definition) is 3. The topological polar surface area (TPSA) is 59.4 Å². The van der Waals surface area contributed by atoms with E-state index in [1.165, 1.54) is 0 Å². The van der Waals surface area contributed by atoms with E-state index in [2.05, 4.69) is 9.72 Å². The third kappa shape index (κ3) is 3.19. The van der Waals surface area contributed by atoms with Gasteiger partial charge in [-0.3, -0.25) is 0 Å². The van der Waals surface area contributed by atoms with Crippen LogP contribution in [0, 0.1) is 0 Å². The van der Waals surface area contributed by atoms with Gasteiger partial charge in [-0.25, -0.2) is 9.78 Å². The second-order valence-electron chi connectivity index (χ2n) is 4.04. The van der Waals surface area contributed by atoms with Crippen molar-refractivity contribution in [3.8, 4) is 5.75 Å². The number of alkyl halides is 5. The zero-order valence-electron chi connectivity index (χ0n) is 10.3. The number of benzene rings is 1. The number of carboxylic acids is 1. The van der Waals surface area contributed by atoms with E-state index in [0.29, 0.717) is 6.07 Å². The van der Waals surface area contributed by atoms with Gasteiger partial charge in [0.15, 0.2) is 0 Å². The molecule has 4 nitrogen and oxygen atoms in total. The van der Waals surface area contributed by atoms with Crippen molar-refractivity contribution < 1.29 is 36.6 Å². The van der Waals surface area contributed by atoms with Gasteiger partial charge in [0, 0.05) is 5.39 Å². The second-order valence-corrected chi connectivity index (χ2v) is 4.44. The van der Waals surface area contributed by atoms with Gasteiger partial charge in [0.25, 0.3) is 0 Å². The Bertz CT molecular complexity index is 748. The number of hydrogen-bond donors (Lipinski definition) is 1. The minimum atomic E-state index is -4.97. The average molecular weight is 342 g/mol. The first-order valence-corrected chi connectivity index (χ1v) is 5.87. The Morgan fingerprint density at radius 1 is 1.27 bits per heavy atom. The molecule has 0 unspecified atom stereocenters. The van der Waals surface area contributed by atoms with Gasteiger partial charge in [0.2, 0.25) is 0 Å². The van der Waals surface area contributed by atoms with Crippen LogP contribution in [0.15, 0.2) is 18.2 Å². The average Bonchev–Trinajstić information content (AvgIpc) is 2.36. The molecular formula is C12H5ClF5NO3. The lowest BCUT2D eigenvalue weighted by Gasteiger charge is -2.14. The van der Waals surface area contributed by atoms with Gasteiger partial charge in [0.05, 0.1) is 16.1 Å². The number of pyridine rings is 1. The van der Waals surface area contributed by atoms with Crippen LogP contribution in [0.4, 0.5) is 22.0 Å². The molecule has 0 saturated heterocycles. The molecule has 0 radical (unpaired) electrons. The van der Waals surface area contributed by atoms with E-state index < -0.39 is 41.3 Å². The highest BCUT2D eigenvalue weighted by molar-refractivity contribution is 6.35. The third-order valence-corrected chi connectivity index (χ3v) is 2.90. The molecule has 0 bridgehead atoms. The van der Waals surface area contributed by atoms with Crippen molar-refractivity contribution in [3.63, 3.8) is 0 Å². The van der Waals surface area contributed by atoms with Crippen LogP contribution in [0.1, 0.15) is 16.1 Å². The quantitative estimate of drug-likeness (QED) is 0.850. The normalized spacial score (nSPS) is 12.0. The molecule has 0 aliphatic rings. The minimum Gasteiger partial charge on any atom is -0.477 e. The SMILES string of the molecule is O=C(O)c1cc(Cl)c2cc(OC(F)F)cc(C(F)(F)F)c2n1. The molecule has 0 amide bonds.